The van der Waals surface area contributed by atoms with Crippen molar-refractivity contribution in [1.82, 2.24) is 14.1 Å². The molecule has 0 N–H and O–H groups in total. The number of rotatable bonds is 3. The summed E-state index contributed by atoms with van der Waals surface area (Å²) >= 11 is 12.2. The molecule has 1 unspecified atom stereocenters. The van der Waals surface area contributed by atoms with Gasteiger partial charge in [0.2, 0.25) is 0 Å². The van der Waals surface area contributed by atoms with E-state index in [4.69, 9.17) is 23.2 Å². The summed E-state index contributed by atoms with van der Waals surface area (Å²) in [6.07, 6.45) is 7.55. The number of aromatic nitrogens is 3. The highest BCUT2D eigenvalue weighted by Gasteiger charge is 2.19. The SMILES string of the molecule is Cn1cccc1C(c1ccc(Cl)c(Cl)c1)n1ccnc1. The molecule has 2 aromatic heterocycles. The summed E-state index contributed by atoms with van der Waals surface area (Å²) in [5.74, 6) is 0. The van der Waals surface area contributed by atoms with E-state index in [1.807, 2.05) is 43.7 Å². The molecule has 0 saturated heterocycles. The van der Waals surface area contributed by atoms with Crippen LogP contribution >= 0.6 is 23.2 Å². The molecule has 20 heavy (non-hydrogen) atoms. The Balaban J connectivity index is 2.15. The van der Waals surface area contributed by atoms with Crippen LogP contribution in [0.25, 0.3) is 0 Å². The summed E-state index contributed by atoms with van der Waals surface area (Å²) in [7, 11) is 2.02. The van der Waals surface area contributed by atoms with Crippen LogP contribution in [-0.2, 0) is 7.05 Å². The van der Waals surface area contributed by atoms with Crippen LogP contribution in [0.4, 0.5) is 0 Å². The lowest BCUT2D eigenvalue weighted by atomic mass is 10.0. The molecule has 0 aliphatic carbocycles. The van der Waals surface area contributed by atoms with E-state index in [2.05, 4.69) is 20.2 Å². The minimum absolute atomic E-state index is 0.0206. The first-order chi connectivity index (χ1) is 9.66. The van der Waals surface area contributed by atoms with Crippen LogP contribution in [0.5, 0.6) is 0 Å². The van der Waals surface area contributed by atoms with Crippen molar-refractivity contribution in [3.63, 3.8) is 0 Å². The quantitative estimate of drug-likeness (QED) is 0.712. The summed E-state index contributed by atoms with van der Waals surface area (Å²) in [5, 5.41) is 1.12. The van der Waals surface area contributed by atoms with Gasteiger partial charge in [-0.25, -0.2) is 4.98 Å². The van der Waals surface area contributed by atoms with Crippen molar-refractivity contribution < 1.29 is 0 Å². The van der Waals surface area contributed by atoms with Gasteiger partial charge in [0.05, 0.1) is 22.4 Å². The second-order valence-corrected chi connectivity index (χ2v) is 5.44. The summed E-state index contributed by atoms with van der Waals surface area (Å²) < 4.78 is 4.14. The van der Waals surface area contributed by atoms with Crippen molar-refractivity contribution in [3.05, 3.63) is 76.6 Å². The number of benzene rings is 1. The van der Waals surface area contributed by atoms with E-state index in [-0.39, 0.29) is 6.04 Å². The zero-order chi connectivity index (χ0) is 14.1. The minimum Gasteiger partial charge on any atom is -0.352 e. The maximum Gasteiger partial charge on any atom is 0.0998 e. The zero-order valence-electron chi connectivity index (χ0n) is 10.9. The van der Waals surface area contributed by atoms with Crippen LogP contribution in [0.15, 0.2) is 55.2 Å². The highest BCUT2D eigenvalue weighted by molar-refractivity contribution is 6.42. The lowest BCUT2D eigenvalue weighted by Crippen LogP contribution is -2.14. The first-order valence-corrected chi connectivity index (χ1v) is 6.96. The monoisotopic (exact) mass is 305 g/mol. The third-order valence-electron chi connectivity index (χ3n) is 3.35. The number of nitrogens with zero attached hydrogens (tertiary/aromatic N) is 3. The molecule has 0 radical (unpaired) electrons. The van der Waals surface area contributed by atoms with Crippen molar-refractivity contribution in [3.8, 4) is 0 Å². The smallest absolute Gasteiger partial charge is 0.0998 e. The van der Waals surface area contributed by atoms with Gasteiger partial charge >= 0.3 is 0 Å². The molecular formula is C15H13Cl2N3. The maximum absolute atomic E-state index is 6.16. The molecule has 1 atom stereocenters. The van der Waals surface area contributed by atoms with Gasteiger partial charge in [0, 0.05) is 31.3 Å². The topological polar surface area (TPSA) is 22.8 Å². The minimum atomic E-state index is 0.0206. The van der Waals surface area contributed by atoms with E-state index in [1.165, 1.54) is 0 Å². The molecule has 3 aromatic rings. The van der Waals surface area contributed by atoms with Crippen molar-refractivity contribution in [2.75, 3.05) is 0 Å². The average molecular weight is 306 g/mol. The van der Waals surface area contributed by atoms with Gasteiger partial charge in [0.1, 0.15) is 0 Å². The van der Waals surface area contributed by atoms with Gasteiger partial charge in [0.15, 0.2) is 0 Å². The normalized spacial score (nSPS) is 12.6. The Morgan fingerprint density at radius 2 is 1.95 bits per heavy atom. The predicted octanol–water partition coefficient (Wildman–Crippen LogP) is 4.17. The molecule has 0 amide bonds. The van der Waals surface area contributed by atoms with Crippen molar-refractivity contribution in [2.45, 2.75) is 6.04 Å². The molecule has 3 rings (SSSR count). The highest BCUT2D eigenvalue weighted by Crippen LogP contribution is 2.31. The first-order valence-electron chi connectivity index (χ1n) is 6.20. The number of hydrogen-bond acceptors (Lipinski definition) is 1. The molecular weight excluding hydrogens is 293 g/mol. The van der Waals surface area contributed by atoms with Crippen LogP contribution in [-0.4, -0.2) is 14.1 Å². The van der Waals surface area contributed by atoms with E-state index < -0.39 is 0 Å². The fourth-order valence-electron chi connectivity index (χ4n) is 2.36. The van der Waals surface area contributed by atoms with Gasteiger partial charge in [-0.3, -0.25) is 0 Å². The molecule has 102 valence electrons. The Bertz CT molecular complexity index is 717. The van der Waals surface area contributed by atoms with Crippen LogP contribution < -0.4 is 0 Å². The van der Waals surface area contributed by atoms with Crippen molar-refractivity contribution in [2.24, 2.45) is 7.05 Å². The molecule has 0 saturated carbocycles. The lowest BCUT2D eigenvalue weighted by molar-refractivity contribution is 0.627. The van der Waals surface area contributed by atoms with Gasteiger partial charge in [-0.1, -0.05) is 29.3 Å². The zero-order valence-corrected chi connectivity index (χ0v) is 12.4. The van der Waals surface area contributed by atoms with Crippen LogP contribution in [0.1, 0.15) is 17.3 Å². The van der Waals surface area contributed by atoms with Gasteiger partial charge in [0.25, 0.3) is 0 Å². The fraction of sp³-hybridized carbons (Fsp3) is 0.133. The van der Waals surface area contributed by atoms with E-state index in [0.717, 1.165) is 11.3 Å². The summed E-state index contributed by atoms with van der Waals surface area (Å²) in [4.78, 5) is 4.14. The standard InChI is InChI=1S/C15H13Cl2N3/c1-19-7-2-3-14(19)15(20-8-6-18-10-20)11-4-5-12(16)13(17)9-11/h2-10,15H,1H3. The number of imidazole rings is 1. The van der Waals surface area contributed by atoms with Crippen molar-refractivity contribution in [1.29, 1.82) is 0 Å². The van der Waals surface area contributed by atoms with E-state index >= 15 is 0 Å². The summed E-state index contributed by atoms with van der Waals surface area (Å²) in [6.45, 7) is 0. The maximum atomic E-state index is 6.16. The Kier molecular flexibility index (Phi) is 3.55. The van der Waals surface area contributed by atoms with Crippen molar-refractivity contribution >= 4 is 23.2 Å². The summed E-state index contributed by atoms with van der Waals surface area (Å²) in [6, 6.07) is 9.86. The second kappa shape index (κ2) is 5.35. The molecule has 3 nitrogen and oxygen atoms in total. The molecule has 5 heteroatoms. The van der Waals surface area contributed by atoms with Gasteiger partial charge in [-0.05, 0) is 29.8 Å². The molecule has 0 aliphatic heterocycles. The number of halogens is 2. The molecule has 0 fully saturated rings. The first kappa shape index (κ1) is 13.3. The third-order valence-corrected chi connectivity index (χ3v) is 4.09. The van der Waals surface area contributed by atoms with E-state index in [9.17, 15) is 0 Å². The lowest BCUT2D eigenvalue weighted by Gasteiger charge is -2.20. The number of hydrogen-bond donors (Lipinski definition) is 0. The second-order valence-electron chi connectivity index (χ2n) is 4.63. The Morgan fingerprint density at radius 3 is 2.55 bits per heavy atom. The highest BCUT2D eigenvalue weighted by atomic mass is 35.5. The van der Waals surface area contributed by atoms with Crippen LogP contribution in [0.2, 0.25) is 10.0 Å². The molecule has 2 heterocycles. The van der Waals surface area contributed by atoms with E-state index in [1.54, 1.807) is 12.5 Å². The molecule has 0 bridgehead atoms. The predicted molar refractivity (Wildman–Crippen MR) is 81.3 cm³/mol. The number of aryl methyl sites for hydroxylation is 1. The molecule has 0 spiro atoms. The molecule has 0 aliphatic rings. The summed E-state index contributed by atoms with van der Waals surface area (Å²) in [5.41, 5.74) is 2.22. The fourth-order valence-corrected chi connectivity index (χ4v) is 2.67. The Morgan fingerprint density at radius 1 is 1.10 bits per heavy atom. The van der Waals surface area contributed by atoms with Crippen LogP contribution in [0.3, 0.4) is 0 Å². The largest absolute Gasteiger partial charge is 0.352 e. The van der Waals surface area contributed by atoms with Gasteiger partial charge in [-0.15, -0.1) is 0 Å². The third kappa shape index (κ3) is 2.35. The van der Waals surface area contributed by atoms with E-state index in [0.29, 0.717) is 10.0 Å². The Labute approximate surface area is 127 Å². The molecule has 1 aromatic carbocycles. The van der Waals surface area contributed by atoms with Gasteiger partial charge < -0.3 is 9.13 Å². The van der Waals surface area contributed by atoms with Gasteiger partial charge in [-0.2, -0.15) is 0 Å². The Hall–Kier alpha value is -1.71. The average Bonchev–Trinajstić information content (AvgIpc) is 3.07. The van der Waals surface area contributed by atoms with Crippen LogP contribution in [0, 0.1) is 0 Å².